The molecule has 1 fully saturated rings. The molecule has 1 aliphatic rings. The highest BCUT2D eigenvalue weighted by atomic mass is 16.3. The van der Waals surface area contributed by atoms with E-state index in [0.717, 1.165) is 18.7 Å². The van der Waals surface area contributed by atoms with E-state index in [9.17, 15) is 9.90 Å². The molecule has 0 saturated carbocycles. The number of benzene rings is 1. The molecule has 3 heteroatoms. The Hall–Kier alpha value is -1.35. The monoisotopic (exact) mass is 247 g/mol. The molecule has 1 aromatic rings. The molecule has 18 heavy (non-hydrogen) atoms. The number of carbonyl (C=O) groups is 1. The van der Waals surface area contributed by atoms with Gasteiger partial charge in [0.15, 0.2) is 5.78 Å². The average Bonchev–Trinajstić information content (AvgIpc) is 2.82. The van der Waals surface area contributed by atoms with E-state index in [1.165, 1.54) is 12.8 Å². The fraction of sp³-hybridized carbons (Fsp3) is 0.533. The van der Waals surface area contributed by atoms with Gasteiger partial charge in [-0.3, -0.25) is 9.69 Å². The normalized spacial score (nSPS) is 17.0. The van der Waals surface area contributed by atoms with Crippen molar-refractivity contribution in [3.8, 4) is 5.75 Å². The lowest BCUT2D eigenvalue weighted by Gasteiger charge is -2.34. The molecule has 0 aliphatic carbocycles. The summed E-state index contributed by atoms with van der Waals surface area (Å²) in [5.74, 6) is 0.439. The van der Waals surface area contributed by atoms with Crippen molar-refractivity contribution in [2.75, 3.05) is 13.1 Å². The van der Waals surface area contributed by atoms with Crippen molar-refractivity contribution in [3.63, 3.8) is 0 Å². The second-order valence-corrected chi connectivity index (χ2v) is 5.52. The molecular weight excluding hydrogens is 226 g/mol. The first kappa shape index (κ1) is 13.1. The number of carbonyl (C=O) groups excluding carboxylic acids is 1. The van der Waals surface area contributed by atoms with Crippen LogP contribution in [0.4, 0.5) is 0 Å². The zero-order valence-corrected chi connectivity index (χ0v) is 11.1. The van der Waals surface area contributed by atoms with Gasteiger partial charge in [0, 0.05) is 6.42 Å². The third-order valence-electron chi connectivity index (χ3n) is 3.85. The predicted octanol–water partition coefficient (Wildman–Crippen LogP) is 2.38. The summed E-state index contributed by atoms with van der Waals surface area (Å²) in [4.78, 5) is 14.7. The summed E-state index contributed by atoms with van der Waals surface area (Å²) in [5, 5.41) is 9.42. The Morgan fingerprint density at radius 2 is 2.00 bits per heavy atom. The van der Waals surface area contributed by atoms with Crippen molar-refractivity contribution in [1.29, 1.82) is 0 Å². The fourth-order valence-corrected chi connectivity index (χ4v) is 2.52. The lowest BCUT2D eigenvalue weighted by atomic mass is 9.92. The highest BCUT2D eigenvalue weighted by Gasteiger charge is 2.35. The van der Waals surface area contributed by atoms with Gasteiger partial charge in [-0.05, 0) is 57.5 Å². The van der Waals surface area contributed by atoms with Crippen molar-refractivity contribution >= 4 is 5.78 Å². The third kappa shape index (κ3) is 2.72. The van der Waals surface area contributed by atoms with Gasteiger partial charge in [0.1, 0.15) is 5.75 Å². The Balaban J connectivity index is 2.06. The van der Waals surface area contributed by atoms with E-state index in [1.54, 1.807) is 18.2 Å². The number of phenols is 1. The summed E-state index contributed by atoms with van der Waals surface area (Å²) < 4.78 is 0. The minimum Gasteiger partial charge on any atom is -0.508 e. The minimum atomic E-state index is -0.401. The number of aromatic hydroxyl groups is 1. The lowest BCUT2D eigenvalue weighted by Crippen LogP contribution is -2.49. The second-order valence-electron chi connectivity index (χ2n) is 5.52. The Morgan fingerprint density at radius 1 is 1.33 bits per heavy atom. The van der Waals surface area contributed by atoms with E-state index in [4.69, 9.17) is 0 Å². The highest BCUT2D eigenvalue weighted by molar-refractivity contribution is 5.89. The van der Waals surface area contributed by atoms with Gasteiger partial charge < -0.3 is 5.11 Å². The zero-order chi connectivity index (χ0) is 13.2. The lowest BCUT2D eigenvalue weighted by molar-refractivity contribution is -0.128. The molecule has 0 amide bonds. The van der Waals surface area contributed by atoms with Crippen LogP contribution in [0, 0.1) is 0 Å². The molecule has 1 heterocycles. The number of ketones is 1. The van der Waals surface area contributed by atoms with E-state index in [1.807, 2.05) is 19.9 Å². The molecule has 0 radical (unpaired) electrons. The Labute approximate surface area is 108 Å². The summed E-state index contributed by atoms with van der Waals surface area (Å²) >= 11 is 0. The van der Waals surface area contributed by atoms with Crippen LogP contribution < -0.4 is 0 Å². The topological polar surface area (TPSA) is 40.5 Å². The van der Waals surface area contributed by atoms with Gasteiger partial charge in [-0.25, -0.2) is 0 Å². The van der Waals surface area contributed by atoms with Gasteiger partial charge >= 0.3 is 0 Å². The van der Waals surface area contributed by atoms with Gasteiger partial charge in [-0.15, -0.1) is 0 Å². The SMILES string of the molecule is CC(C)(C(=O)Cc1cccc(O)c1)N1CCCC1. The zero-order valence-electron chi connectivity index (χ0n) is 11.1. The van der Waals surface area contributed by atoms with Crippen molar-refractivity contribution < 1.29 is 9.90 Å². The summed E-state index contributed by atoms with van der Waals surface area (Å²) in [6.07, 6.45) is 2.75. The van der Waals surface area contributed by atoms with Crippen LogP contribution in [-0.2, 0) is 11.2 Å². The first-order valence-electron chi connectivity index (χ1n) is 6.56. The van der Waals surface area contributed by atoms with E-state index in [0.29, 0.717) is 6.42 Å². The molecule has 0 aromatic heterocycles. The summed E-state index contributed by atoms with van der Waals surface area (Å²) in [7, 11) is 0. The Morgan fingerprint density at radius 3 is 2.61 bits per heavy atom. The molecule has 98 valence electrons. The first-order valence-corrected chi connectivity index (χ1v) is 6.56. The van der Waals surface area contributed by atoms with E-state index in [2.05, 4.69) is 4.90 Å². The third-order valence-corrected chi connectivity index (χ3v) is 3.85. The molecule has 0 unspecified atom stereocenters. The van der Waals surface area contributed by atoms with E-state index >= 15 is 0 Å². The molecular formula is C15H21NO2. The second kappa shape index (κ2) is 5.11. The van der Waals surface area contributed by atoms with Gasteiger partial charge in [0.2, 0.25) is 0 Å². The number of hydrogen-bond acceptors (Lipinski definition) is 3. The van der Waals surface area contributed by atoms with Crippen LogP contribution >= 0.6 is 0 Å². The molecule has 1 N–H and O–H groups in total. The van der Waals surface area contributed by atoms with Crippen LogP contribution in [0.1, 0.15) is 32.3 Å². The Bertz CT molecular complexity index is 434. The van der Waals surface area contributed by atoms with Crippen molar-refractivity contribution in [1.82, 2.24) is 4.90 Å². The molecule has 0 bridgehead atoms. The number of rotatable bonds is 4. The summed E-state index contributed by atoms with van der Waals surface area (Å²) in [5.41, 5.74) is 0.481. The number of nitrogens with zero attached hydrogens (tertiary/aromatic N) is 1. The van der Waals surface area contributed by atoms with E-state index < -0.39 is 5.54 Å². The van der Waals surface area contributed by atoms with Crippen LogP contribution in [-0.4, -0.2) is 34.4 Å². The molecule has 3 nitrogen and oxygen atoms in total. The fourth-order valence-electron chi connectivity index (χ4n) is 2.52. The number of phenolic OH excluding ortho intramolecular Hbond substituents is 1. The van der Waals surface area contributed by atoms with Crippen LogP contribution in [0.2, 0.25) is 0 Å². The maximum absolute atomic E-state index is 12.4. The van der Waals surface area contributed by atoms with Gasteiger partial charge in [0.05, 0.1) is 5.54 Å². The van der Waals surface area contributed by atoms with Crippen LogP contribution in [0.3, 0.4) is 0 Å². The van der Waals surface area contributed by atoms with Gasteiger partial charge in [0.25, 0.3) is 0 Å². The minimum absolute atomic E-state index is 0.218. The standard InChI is InChI=1S/C15H21NO2/c1-15(2,16-8-3-4-9-16)14(18)11-12-6-5-7-13(17)10-12/h5-7,10,17H,3-4,8-9,11H2,1-2H3. The summed E-state index contributed by atoms with van der Waals surface area (Å²) in [6.45, 7) is 6.03. The maximum Gasteiger partial charge on any atom is 0.156 e. The van der Waals surface area contributed by atoms with Crippen molar-refractivity contribution in [2.45, 2.75) is 38.6 Å². The quantitative estimate of drug-likeness (QED) is 0.888. The number of Topliss-reactive ketones (excluding diaryl/α,β-unsaturated/α-hetero) is 1. The van der Waals surface area contributed by atoms with Crippen LogP contribution in [0.5, 0.6) is 5.75 Å². The average molecular weight is 247 g/mol. The summed E-state index contributed by atoms with van der Waals surface area (Å²) in [6, 6.07) is 6.95. The van der Waals surface area contributed by atoms with Gasteiger partial charge in [-0.2, -0.15) is 0 Å². The molecule has 1 saturated heterocycles. The van der Waals surface area contributed by atoms with E-state index in [-0.39, 0.29) is 11.5 Å². The maximum atomic E-state index is 12.4. The molecule has 1 aliphatic heterocycles. The number of hydrogen-bond donors (Lipinski definition) is 1. The largest absolute Gasteiger partial charge is 0.508 e. The van der Waals surface area contributed by atoms with Crippen molar-refractivity contribution in [2.24, 2.45) is 0 Å². The number of likely N-dealkylation sites (tertiary alicyclic amines) is 1. The predicted molar refractivity (Wildman–Crippen MR) is 71.7 cm³/mol. The van der Waals surface area contributed by atoms with Crippen molar-refractivity contribution in [3.05, 3.63) is 29.8 Å². The van der Waals surface area contributed by atoms with Crippen LogP contribution in [0.15, 0.2) is 24.3 Å². The molecule has 1 aromatic carbocycles. The smallest absolute Gasteiger partial charge is 0.156 e. The molecule has 2 rings (SSSR count). The highest BCUT2D eigenvalue weighted by Crippen LogP contribution is 2.24. The van der Waals surface area contributed by atoms with Gasteiger partial charge in [-0.1, -0.05) is 12.1 Å². The first-order chi connectivity index (χ1) is 8.50. The molecule has 0 spiro atoms. The molecule has 0 atom stereocenters. The Kier molecular flexibility index (Phi) is 3.71. The van der Waals surface area contributed by atoms with Crippen LogP contribution in [0.25, 0.3) is 0 Å².